The lowest BCUT2D eigenvalue weighted by molar-refractivity contribution is -0.376. The van der Waals surface area contributed by atoms with E-state index in [1.54, 1.807) is 32.9 Å². The van der Waals surface area contributed by atoms with Crippen molar-refractivity contribution in [1.82, 2.24) is 10.2 Å². The largest absolute Gasteiger partial charge is 0.493 e. The van der Waals surface area contributed by atoms with Crippen molar-refractivity contribution < 1.29 is 50.5 Å². The zero-order chi connectivity index (χ0) is 34.7. The molecule has 2 aromatic carbocycles. The summed E-state index contributed by atoms with van der Waals surface area (Å²) in [5.74, 6) is 1.26. The minimum absolute atomic E-state index is 0.0333. The second kappa shape index (κ2) is 16.9. The fourth-order valence-corrected chi connectivity index (χ4v) is 4.77. The second-order valence-electron chi connectivity index (χ2n) is 11.6. The van der Waals surface area contributed by atoms with Crippen LogP contribution >= 0.6 is 0 Å². The Kier molecular flexibility index (Phi) is 14.2. The van der Waals surface area contributed by atoms with Crippen LogP contribution < -0.4 is 14.8 Å². The van der Waals surface area contributed by atoms with Gasteiger partial charge in [0.2, 0.25) is 6.41 Å². The number of hydrogen-bond donors (Lipinski definition) is 2. The SMILES string of the molecule is CCCc1cc(C(O)(C(F)(F)F)C(F)(F)F)cc(CCC)c1OCCCCN(C=O)C(=O)NC(C)c1ccc(OCC(C)C)cc1. The fraction of sp³-hybridized carbons (Fsp3) is 0.576. The number of aryl methyl sites for hydroxylation is 2. The predicted molar refractivity (Wildman–Crippen MR) is 162 cm³/mol. The van der Waals surface area contributed by atoms with E-state index in [1.165, 1.54) is 0 Å². The first-order valence-electron chi connectivity index (χ1n) is 15.4. The highest BCUT2D eigenvalue weighted by molar-refractivity contribution is 5.84. The van der Waals surface area contributed by atoms with Crippen LogP contribution in [0.5, 0.6) is 11.5 Å². The van der Waals surface area contributed by atoms with Gasteiger partial charge in [0.15, 0.2) is 0 Å². The fourth-order valence-electron chi connectivity index (χ4n) is 4.77. The minimum atomic E-state index is -6.00. The smallest absolute Gasteiger partial charge is 0.430 e. The summed E-state index contributed by atoms with van der Waals surface area (Å²) in [6.07, 6.45) is -9.88. The van der Waals surface area contributed by atoms with E-state index in [0.29, 0.717) is 62.5 Å². The molecular formula is C33H44F6N2O5. The Hall–Kier alpha value is -3.48. The van der Waals surface area contributed by atoms with Crippen molar-refractivity contribution in [2.45, 2.75) is 97.1 Å². The van der Waals surface area contributed by atoms with Gasteiger partial charge in [-0.1, -0.05) is 52.7 Å². The molecule has 0 bridgehead atoms. The van der Waals surface area contributed by atoms with E-state index in [1.807, 2.05) is 26.0 Å². The molecule has 2 N–H and O–H groups in total. The molecule has 0 fully saturated rings. The summed E-state index contributed by atoms with van der Waals surface area (Å²) in [7, 11) is 0. The lowest BCUT2D eigenvalue weighted by Gasteiger charge is -2.33. The molecule has 0 radical (unpaired) electrons. The molecule has 0 aliphatic rings. The number of urea groups is 1. The maximum absolute atomic E-state index is 13.6. The molecule has 0 aromatic heterocycles. The molecular weight excluding hydrogens is 618 g/mol. The van der Waals surface area contributed by atoms with Crippen LogP contribution in [0.2, 0.25) is 0 Å². The molecule has 2 aromatic rings. The monoisotopic (exact) mass is 662 g/mol. The van der Waals surface area contributed by atoms with Crippen LogP contribution in [0.1, 0.15) is 88.6 Å². The van der Waals surface area contributed by atoms with Crippen molar-refractivity contribution in [2.24, 2.45) is 5.92 Å². The molecule has 3 amide bonds. The van der Waals surface area contributed by atoms with Gasteiger partial charge in [0.1, 0.15) is 11.5 Å². The summed E-state index contributed by atoms with van der Waals surface area (Å²) in [6, 6.07) is 7.67. The minimum Gasteiger partial charge on any atom is -0.493 e. The van der Waals surface area contributed by atoms with Gasteiger partial charge < -0.3 is 19.9 Å². The number of ether oxygens (including phenoxy) is 2. The lowest BCUT2D eigenvalue weighted by Crippen LogP contribution is -2.54. The normalized spacial score (nSPS) is 13.0. The molecule has 0 aliphatic heterocycles. The molecule has 258 valence electrons. The molecule has 1 unspecified atom stereocenters. The van der Waals surface area contributed by atoms with E-state index in [9.17, 15) is 41.0 Å². The van der Waals surface area contributed by atoms with Crippen LogP contribution in [0.25, 0.3) is 0 Å². The number of carbonyl (C=O) groups excluding carboxylic acids is 2. The number of aliphatic hydroxyl groups is 1. The molecule has 7 nitrogen and oxygen atoms in total. The van der Waals surface area contributed by atoms with Crippen LogP contribution in [0.3, 0.4) is 0 Å². The molecule has 0 aliphatic carbocycles. The Morgan fingerprint density at radius 1 is 0.913 bits per heavy atom. The Balaban J connectivity index is 2.07. The number of halogens is 6. The van der Waals surface area contributed by atoms with Gasteiger partial charge in [-0.2, -0.15) is 26.3 Å². The van der Waals surface area contributed by atoms with Crippen molar-refractivity contribution in [3.05, 3.63) is 58.7 Å². The van der Waals surface area contributed by atoms with E-state index < -0.39 is 35.6 Å². The van der Waals surface area contributed by atoms with E-state index in [2.05, 4.69) is 5.32 Å². The van der Waals surface area contributed by atoms with Crippen LogP contribution in [-0.2, 0) is 23.2 Å². The van der Waals surface area contributed by atoms with Gasteiger partial charge in [-0.05, 0) is 79.5 Å². The van der Waals surface area contributed by atoms with E-state index in [4.69, 9.17) is 9.47 Å². The molecule has 46 heavy (non-hydrogen) atoms. The summed E-state index contributed by atoms with van der Waals surface area (Å²) < 4.78 is 93.3. The third-order valence-electron chi connectivity index (χ3n) is 7.25. The Morgan fingerprint density at radius 2 is 1.46 bits per heavy atom. The quantitative estimate of drug-likeness (QED) is 0.102. The maximum Gasteiger partial charge on any atom is 0.430 e. The number of carbonyl (C=O) groups is 2. The zero-order valence-corrected chi connectivity index (χ0v) is 26.9. The van der Waals surface area contributed by atoms with Gasteiger partial charge in [0.05, 0.1) is 19.3 Å². The number of nitrogens with zero attached hydrogens (tertiary/aromatic N) is 1. The summed E-state index contributed by atoms with van der Waals surface area (Å²) in [5, 5.41) is 12.8. The second-order valence-corrected chi connectivity index (χ2v) is 11.6. The first kappa shape index (κ1) is 38.7. The number of alkyl halides is 6. The highest BCUT2D eigenvalue weighted by Gasteiger charge is 2.71. The number of unbranched alkanes of at least 4 members (excludes halogenated alkanes) is 1. The molecule has 0 saturated heterocycles. The standard InChI is InChI=1S/C33H44F6N2O5/c1-6-10-25-18-27(31(44,32(34,35)36)33(37,38)39)19-26(11-7-2)29(25)45-17-9-8-16-41(21-42)30(43)40-23(5)24-12-14-28(15-13-24)46-20-22(3)4/h12-15,18-19,21-23,44H,6-11,16-17,20H2,1-5H3,(H,40,43). The number of benzene rings is 2. The molecule has 0 saturated carbocycles. The molecule has 0 heterocycles. The topological polar surface area (TPSA) is 88.1 Å². The van der Waals surface area contributed by atoms with Gasteiger partial charge in [-0.25, -0.2) is 4.79 Å². The third-order valence-corrected chi connectivity index (χ3v) is 7.25. The Morgan fingerprint density at radius 3 is 1.91 bits per heavy atom. The Labute approximate surface area is 266 Å². The molecule has 1 atom stereocenters. The molecule has 2 rings (SSSR count). The van der Waals surface area contributed by atoms with Crippen molar-refractivity contribution in [2.75, 3.05) is 19.8 Å². The molecule has 13 heteroatoms. The van der Waals surface area contributed by atoms with Gasteiger partial charge in [-0.3, -0.25) is 9.69 Å². The first-order valence-corrected chi connectivity index (χ1v) is 15.4. The zero-order valence-electron chi connectivity index (χ0n) is 26.9. The lowest BCUT2D eigenvalue weighted by atomic mass is 9.87. The summed E-state index contributed by atoms with van der Waals surface area (Å²) in [4.78, 5) is 25.3. The van der Waals surface area contributed by atoms with Crippen molar-refractivity contribution in [1.29, 1.82) is 0 Å². The van der Waals surface area contributed by atoms with Crippen molar-refractivity contribution in [3.63, 3.8) is 0 Å². The number of nitrogens with one attached hydrogen (secondary N) is 1. The van der Waals surface area contributed by atoms with Crippen molar-refractivity contribution in [3.8, 4) is 11.5 Å². The van der Waals surface area contributed by atoms with Crippen LogP contribution in [0.15, 0.2) is 36.4 Å². The number of hydrogen-bond acceptors (Lipinski definition) is 5. The van der Waals surface area contributed by atoms with Crippen LogP contribution in [0.4, 0.5) is 31.1 Å². The molecule has 0 spiro atoms. The van der Waals surface area contributed by atoms with Gasteiger partial charge in [0, 0.05) is 12.1 Å². The predicted octanol–water partition coefficient (Wildman–Crippen LogP) is 8.03. The Bertz CT molecular complexity index is 1220. The summed E-state index contributed by atoms with van der Waals surface area (Å²) in [6.45, 7) is 9.95. The van der Waals surface area contributed by atoms with Crippen LogP contribution in [-0.4, -0.2) is 54.6 Å². The number of amides is 3. The van der Waals surface area contributed by atoms with Gasteiger partial charge in [0.25, 0.3) is 5.60 Å². The van der Waals surface area contributed by atoms with Gasteiger partial charge in [-0.15, -0.1) is 0 Å². The third kappa shape index (κ3) is 10.0. The average Bonchev–Trinajstić information content (AvgIpc) is 2.97. The number of imide groups is 1. The maximum atomic E-state index is 13.6. The number of rotatable bonds is 17. The van der Waals surface area contributed by atoms with E-state index >= 15 is 0 Å². The highest BCUT2D eigenvalue weighted by Crippen LogP contribution is 2.51. The van der Waals surface area contributed by atoms with E-state index in [-0.39, 0.29) is 42.9 Å². The van der Waals surface area contributed by atoms with Crippen LogP contribution in [0, 0.1) is 5.92 Å². The summed E-state index contributed by atoms with van der Waals surface area (Å²) in [5.41, 5.74) is -5.28. The average molecular weight is 663 g/mol. The van der Waals surface area contributed by atoms with E-state index in [0.717, 1.165) is 10.5 Å². The first-order chi connectivity index (χ1) is 21.5. The highest BCUT2D eigenvalue weighted by atomic mass is 19.4. The summed E-state index contributed by atoms with van der Waals surface area (Å²) >= 11 is 0. The van der Waals surface area contributed by atoms with Gasteiger partial charge >= 0.3 is 18.4 Å². The van der Waals surface area contributed by atoms with Crippen molar-refractivity contribution >= 4 is 12.4 Å².